The van der Waals surface area contributed by atoms with E-state index in [9.17, 15) is 9.59 Å². The van der Waals surface area contributed by atoms with Crippen LogP contribution in [0.5, 0.6) is 0 Å². The number of hydrogen-bond acceptors (Lipinski definition) is 2. The average Bonchev–Trinajstić information content (AvgIpc) is 3.64. The second-order valence-corrected chi connectivity index (χ2v) is 8.49. The SMILES string of the molecule is O=C(NC(Cc1ccccc1)C1CC1)C1CCN(C(=O)C=Cc2ccccc2)CC1. The fourth-order valence-corrected chi connectivity index (χ4v) is 4.20. The highest BCUT2D eigenvalue weighted by Crippen LogP contribution is 2.34. The van der Waals surface area contributed by atoms with Crippen molar-refractivity contribution in [3.8, 4) is 0 Å². The largest absolute Gasteiger partial charge is 0.353 e. The Morgan fingerprint density at radius 2 is 1.57 bits per heavy atom. The van der Waals surface area contributed by atoms with Gasteiger partial charge in [-0.3, -0.25) is 9.59 Å². The van der Waals surface area contributed by atoms with Crippen LogP contribution in [0.1, 0.15) is 36.8 Å². The number of rotatable bonds is 7. The zero-order valence-corrected chi connectivity index (χ0v) is 17.4. The highest BCUT2D eigenvalue weighted by atomic mass is 16.2. The zero-order chi connectivity index (χ0) is 20.8. The van der Waals surface area contributed by atoms with Crippen LogP contribution in [0.2, 0.25) is 0 Å². The number of amides is 2. The minimum absolute atomic E-state index is 0.00387. The first kappa shape index (κ1) is 20.4. The van der Waals surface area contributed by atoms with Crippen molar-refractivity contribution in [1.29, 1.82) is 0 Å². The van der Waals surface area contributed by atoms with E-state index in [4.69, 9.17) is 0 Å². The van der Waals surface area contributed by atoms with E-state index in [-0.39, 0.29) is 23.8 Å². The molecule has 1 aliphatic heterocycles. The van der Waals surface area contributed by atoms with Crippen LogP contribution in [0.4, 0.5) is 0 Å². The Hall–Kier alpha value is -2.88. The Morgan fingerprint density at radius 3 is 2.20 bits per heavy atom. The quantitative estimate of drug-likeness (QED) is 0.710. The summed E-state index contributed by atoms with van der Waals surface area (Å²) in [4.78, 5) is 27.2. The summed E-state index contributed by atoms with van der Waals surface area (Å²) in [5.74, 6) is 0.801. The maximum atomic E-state index is 12.9. The molecule has 4 heteroatoms. The lowest BCUT2D eigenvalue weighted by Crippen LogP contribution is -2.46. The molecule has 0 spiro atoms. The van der Waals surface area contributed by atoms with Crippen molar-refractivity contribution in [2.45, 2.75) is 38.1 Å². The van der Waals surface area contributed by atoms with Gasteiger partial charge in [-0.1, -0.05) is 60.7 Å². The molecule has 0 aromatic heterocycles. The molecule has 0 bridgehead atoms. The van der Waals surface area contributed by atoms with Crippen molar-refractivity contribution < 1.29 is 9.59 Å². The molecule has 1 aliphatic carbocycles. The lowest BCUT2D eigenvalue weighted by atomic mass is 9.94. The first-order valence-corrected chi connectivity index (χ1v) is 11.1. The van der Waals surface area contributed by atoms with E-state index in [1.165, 1.54) is 18.4 Å². The normalized spacial score (nSPS) is 18.3. The summed E-state index contributed by atoms with van der Waals surface area (Å²) in [6.45, 7) is 1.28. The van der Waals surface area contributed by atoms with Gasteiger partial charge in [-0.15, -0.1) is 0 Å². The van der Waals surface area contributed by atoms with E-state index in [1.54, 1.807) is 6.08 Å². The molecule has 30 heavy (non-hydrogen) atoms. The Labute approximate surface area is 179 Å². The van der Waals surface area contributed by atoms with E-state index < -0.39 is 0 Å². The maximum Gasteiger partial charge on any atom is 0.246 e. The highest BCUT2D eigenvalue weighted by molar-refractivity contribution is 5.92. The van der Waals surface area contributed by atoms with Crippen LogP contribution in [0.3, 0.4) is 0 Å². The van der Waals surface area contributed by atoms with Gasteiger partial charge in [0.25, 0.3) is 0 Å². The molecule has 1 heterocycles. The summed E-state index contributed by atoms with van der Waals surface area (Å²) in [6, 6.07) is 20.5. The molecule has 2 aliphatic rings. The van der Waals surface area contributed by atoms with Gasteiger partial charge in [0.2, 0.25) is 11.8 Å². The molecular formula is C26H30N2O2. The first-order chi connectivity index (χ1) is 14.7. The van der Waals surface area contributed by atoms with Crippen LogP contribution in [0.25, 0.3) is 6.08 Å². The predicted octanol–water partition coefficient (Wildman–Crippen LogP) is 4.08. The van der Waals surface area contributed by atoms with Gasteiger partial charge in [0.05, 0.1) is 0 Å². The second kappa shape index (κ2) is 9.75. The van der Waals surface area contributed by atoms with E-state index in [0.29, 0.717) is 19.0 Å². The van der Waals surface area contributed by atoms with Crippen LogP contribution in [0.15, 0.2) is 66.7 Å². The number of benzene rings is 2. The Kier molecular flexibility index (Phi) is 6.63. The smallest absolute Gasteiger partial charge is 0.246 e. The molecule has 1 unspecified atom stereocenters. The van der Waals surface area contributed by atoms with E-state index in [1.807, 2.05) is 47.4 Å². The topological polar surface area (TPSA) is 49.4 Å². The van der Waals surface area contributed by atoms with Gasteiger partial charge in [-0.25, -0.2) is 0 Å². The van der Waals surface area contributed by atoms with Gasteiger partial charge in [0.15, 0.2) is 0 Å². The molecule has 1 atom stereocenters. The summed E-state index contributed by atoms with van der Waals surface area (Å²) < 4.78 is 0. The Balaban J connectivity index is 1.26. The molecule has 2 aromatic carbocycles. The van der Waals surface area contributed by atoms with Crippen LogP contribution in [0, 0.1) is 11.8 Å². The number of nitrogens with zero attached hydrogens (tertiary/aromatic N) is 1. The van der Waals surface area contributed by atoms with Crippen LogP contribution in [-0.4, -0.2) is 35.8 Å². The molecule has 2 aromatic rings. The number of carbonyl (C=O) groups is 2. The van der Waals surface area contributed by atoms with Crippen LogP contribution < -0.4 is 5.32 Å². The van der Waals surface area contributed by atoms with E-state index >= 15 is 0 Å². The van der Waals surface area contributed by atoms with E-state index in [0.717, 1.165) is 24.8 Å². The van der Waals surface area contributed by atoms with Crippen molar-refractivity contribution in [1.82, 2.24) is 10.2 Å². The third-order valence-corrected chi connectivity index (χ3v) is 6.21. The molecule has 1 saturated heterocycles. The highest BCUT2D eigenvalue weighted by Gasteiger charge is 2.34. The third-order valence-electron chi connectivity index (χ3n) is 6.21. The van der Waals surface area contributed by atoms with E-state index in [2.05, 4.69) is 29.6 Å². The molecule has 4 nitrogen and oxygen atoms in total. The summed E-state index contributed by atoms with van der Waals surface area (Å²) >= 11 is 0. The number of hydrogen-bond donors (Lipinski definition) is 1. The van der Waals surface area contributed by atoms with Gasteiger partial charge >= 0.3 is 0 Å². The molecule has 2 amide bonds. The molecule has 1 saturated carbocycles. The Morgan fingerprint density at radius 1 is 0.933 bits per heavy atom. The number of likely N-dealkylation sites (tertiary alicyclic amines) is 1. The lowest BCUT2D eigenvalue weighted by Gasteiger charge is -2.31. The molecule has 0 radical (unpaired) electrons. The van der Waals surface area contributed by atoms with Crippen molar-refractivity contribution in [3.05, 3.63) is 77.9 Å². The second-order valence-electron chi connectivity index (χ2n) is 8.49. The first-order valence-electron chi connectivity index (χ1n) is 11.1. The van der Waals surface area contributed by atoms with Crippen molar-refractivity contribution >= 4 is 17.9 Å². The standard InChI is InChI=1S/C26H30N2O2/c29-25(14-11-20-7-3-1-4-8-20)28-17-15-23(16-18-28)26(30)27-24(22-12-13-22)19-21-9-5-2-6-10-21/h1-11,14,22-24H,12-13,15-19H2,(H,27,30). The molecule has 2 fully saturated rings. The van der Waals surface area contributed by atoms with Gasteiger partial charge in [-0.05, 0) is 55.2 Å². The fraction of sp³-hybridized carbons (Fsp3) is 0.385. The minimum Gasteiger partial charge on any atom is -0.353 e. The number of nitrogens with one attached hydrogen (secondary N) is 1. The third kappa shape index (κ3) is 5.59. The summed E-state index contributed by atoms with van der Waals surface area (Å²) in [5, 5.41) is 3.33. The van der Waals surface area contributed by atoms with Crippen molar-refractivity contribution in [2.24, 2.45) is 11.8 Å². The molecule has 156 valence electrons. The Bertz CT molecular complexity index is 866. The summed E-state index contributed by atoms with van der Waals surface area (Å²) in [6.07, 6.45) is 8.28. The summed E-state index contributed by atoms with van der Waals surface area (Å²) in [7, 11) is 0. The van der Waals surface area contributed by atoms with Crippen LogP contribution >= 0.6 is 0 Å². The van der Waals surface area contributed by atoms with Crippen molar-refractivity contribution in [3.63, 3.8) is 0 Å². The van der Waals surface area contributed by atoms with Crippen molar-refractivity contribution in [2.75, 3.05) is 13.1 Å². The molecule has 4 rings (SSSR count). The minimum atomic E-state index is 0.00387. The molecular weight excluding hydrogens is 372 g/mol. The fourth-order valence-electron chi connectivity index (χ4n) is 4.20. The summed E-state index contributed by atoms with van der Waals surface area (Å²) in [5.41, 5.74) is 2.30. The monoisotopic (exact) mass is 402 g/mol. The lowest BCUT2D eigenvalue weighted by molar-refractivity contribution is -0.132. The van der Waals surface area contributed by atoms with Gasteiger partial charge in [-0.2, -0.15) is 0 Å². The van der Waals surface area contributed by atoms with Gasteiger partial charge in [0, 0.05) is 31.1 Å². The zero-order valence-electron chi connectivity index (χ0n) is 17.4. The van der Waals surface area contributed by atoms with Gasteiger partial charge in [0.1, 0.15) is 0 Å². The van der Waals surface area contributed by atoms with Gasteiger partial charge < -0.3 is 10.2 Å². The predicted molar refractivity (Wildman–Crippen MR) is 120 cm³/mol. The number of carbonyl (C=O) groups excluding carboxylic acids is 2. The maximum absolute atomic E-state index is 12.9. The van der Waals surface area contributed by atoms with Crippen LogP contribution in [-0.2, 0) is 16.0 Å². The molecule has 1 N–H and O–H groups in total. The number of piperidine rings is 1. The average molecular weight is 403 g/mol.